The Morgan fingerprint density at radius 3 is 2.27 bits per heavy atom. The van der Waals surface area contributed by atoms with Gasteiger partial charge in [0.15, 0.2) is 6.10 Å². The summed E-state index contributed by atoms with van der Waals surface area (Å²) >= 11 is 0. The second-order valence-electron chi connectivity index (χ2n) is 5.36. The number of esters is 1. The maximum Gasteiger partial charge on any atom is 0.339 e. The van der Waals surface area contributed by atoms with Crippen molar-refractivity contribution in [3.63, 3.8) is 0 Å². The van der Waals surface area contributed by atoms with Crippen LogP contribution in [0.4, 0.5) is 13.6 Å². The minimum absolute atomic E-state index is 0.205. The number of hydrogen-bond donors (Lipinski definition) is 2. The summed E-state index contributed by atoms with van der Waals surface area (Å²) in [4.78, 5) is 35.4. The van der Waals surface area contributed by atoms with Crippen molar-refractivity contribution in [3.05, 3.63) is 71.3 Å². The lowest BCUT2D eigenvalue weighted by atomic mass is 10.2. The molecule has 0 aliphatic rings. The second-order valence-corrected chi connectivity index (χ2v) is 5.36. The number of hydrogen-bond acceptors (Lipinski definition) is 4. The number of urea groups is 1. The van der Waals surface area contributed by atoms with Gasteiger partial charge in [-0.1, -0.05) is 30.3 Å². The van der Waals surface area contributed by atoms with Crippen molar-refractivity contribution in [2.24, 2.45) is 0 Å². The highest BCUT2D eigenvalue weighted by Crippen LogP contribution is 2.10. The van der Waals surface area contributed by atoms with Gasteiger partial charge in [0, 0.05) is 12.6 Å². The molecule has 0 spiro atoms. The SMILES string of the molecule is C[C@H](OC(=O)c1cc(F)cc(F)c1)C(=O)NC(=O)NCc1ccccc1. The van der Waals surface area contributed by atoms with Crippen molar-refractivity contribution in [1.82, 2.24) is 10.6 Å². The molecule has 136 valence electrons. The largest absolute Gasteiger partial charge is 0.449 e. The van der Waals surface area contributed by atoms with E-state index in [-0.39, 0.29) is 12.1 Å². The zero-order valence-corrected chi connectivity index (χ0v) is 13.8. The van der Waals surface area contributed by atoms with Crippen LogP contribution < -0.4 is 10.6 Å². The highest BCUT2D eigenvalue weighted by atomic mass is 19.1. The van der Waals surface area contributed by atoms with Crippen LogP contribution in [0, 0.1) is 11.6 Å². The summed E-state index contributed by atoms with van der Waals surface area (Å²) < 4.78 is 31.0. The minimum atomic E-state index is -1.34. The Morgan fingerprint density at radius 2 is 1.65 bits per heavy atom. The molecule has 2 aromatic rings. The molecule has 0 unspecified atom stereocenters. The van der Waals surface area contributed by atoms with E-state index >= 15 is 0 Å². The molecule has 2 aromatic carbocycles. The summed E-state index contributed by atoms with van der Waals surface area (Å²) in [5.41, 5.74) is 0.457. The monoisotopic (exact) mass is 362 g/mol. The summed E-state index contributed by atoms with van der Waals surface area (Å²) in [6.07, 6.45) is -1.34. The maximum atomic E-state index is 13.1. The quantitative estimate of drug-likeness (QED) is 0.801. The molecule has 0 aliphatic heterocycles. The molecule has 1 atom stereocenters. The number of carbonyl (C=O) groups is 3. The van der Waals surface area contributed by atoms with Gasteiger partial charge in [0.25, 0.3) is 5.91 Å². The summed E-state index contributed by atoms with van der Waals surface area (Å²) in [5, 5.41) is 4.49. The van der Waals surface area contributed by atoms with Gasteiger partial charge in [0.2, 0.25) is 0 Å². The van der Waals surface area contributed by atoms with Crippen LogP contribution in [0.5, 0.6) is 0 Å². The van der Waals surface area contributed by atoms with E-state index in [2.05, 4.69) is 5.32 Å². The van der Waals surface area contributed by atoms with Crippen molar-refractivity contribution in [1.29, 1.82) is 0 Å². The Labute approximate surface area is 148 Å². The van der Waals surface area contributed by atoms with Crippen LogP contribution in [-0.4, -0.2) is 24.0 Å². The van der Waals surface area contributed by atoms with Gasteiger partial charge in [-0.3, -0.25) is 10.1 Å². The van der Waals surface area contributed by atoms with Crippen LogP contribution in [0.25, 0.3) is 0 Å². The summed E-state index contributed by atoms with van der Waals surface area (Å²) in [5.74, 6) is -3.86. The summed E-state index contributed by atoms with van der Waals surface area (Å²) in [6.45, 7) is 1.43. The lowest BCUT2D eigenvalue weighted by Gasteiger charge is -2.13. The van der Waals surface area contributed by atoms with Crippen molar-refractivity contribution in [2.45, 2.75) is 19.6 Å². The van der Waals surface area contributed by atoms with Gasteiger partial charge in [-0.05, 0) is 24.6 Å². The molecule has 0 radical (unpaired) electrons. The van der Waals surface area contributed by atoms with E-state index < -0.39 is 35.6 Å². The lowest BCUT2D eigenvalue weighted by molar-refractivity contribution is -0.127. The molecule has 2 rings (SSSR count). The summed E-state index contributed by atoms with van der Waals surface area (Å²) in [7, 11) is 0. The number of amides is 3. The van der Waals surface area contributed by atoms with E-state index in [1.807, 2.05) is 11.4 Å². The normalized spacial score (nSPS) is 11.3. The van der Waals surface area contributed by atoms with E-state index in [1.165, 1.54) is 6.92 Å². The van der Waals surface area contributed by atoms with Gasteiger partial charge in [-0.25, -0.2) is 18.4 Å². The van der Waals surface area contributed by atoms with Gasteiger partial charge in [-0.15, -0.1) is 0 Å². The number of imide groups is 1. The minimum Gasteiger partial charge on any atom is -0.449 e. The molecule has 6 nitrogen and oxygen atoms in total. The third-order valence-electron chi connectivity index (χ3n) is 3.28. The summed E-state index contributed by atoms with van der Waals surface area (Å²) in [6, 6.07) is 10.4. The van der Waals surface area contributed by atoms with Gasteiger partial charge < -0.3 is 10.1 Å². The van der Waals surface area contributed by atoms with Crippen LogP contribution in [0.3, 0.4) is 0 Å². The smallest absolute Gasteiger partial charge is 0.339 e. The zero-order valence-electron chi connectivity index (χ0n) is 13.8. The van der Waals surface area contributed by atoms with Crippen molar-refractivity contribution in [2.75, 3.05) is 0 Å². The molecule has 0 fully saturated rings. The standard InChI is InChI=1S/C18H16F2N2O4/c1-11(26-17(24)13-7-14(19)9-15(20)8-13)16(23)22-18(25)21-10-12-5-3-2-4-6-12/h2-9,11H,10H2,1H3,(H2,21,22,23,25)/t11-/m0/s1. The number of rotatable bonds is 5. The first-order valence-electron chi connectivity index (χ1n) is 7.65. The predicted octanol–water partition coefficient (Wildman–Crippen LogP) is 2.54. The van der Waals surface area contributed by atoms with E-state index in [4.69, 9.17) is 4.74 Å². The zero-order chi connectivity index (χ0) is 19.1. The molecule has 0 aliphatic carbocycles. The van der Waals surface area contributed by atoms with Crippen LogP contribution in [0.2, 0.25) is 0 Å². The van der Waals surface area contributed by atoms with Crippen molar-refractivity contribution in [3.8, 4) is 0 Å². The molecular formula is C18H16F2N2O4. The molecule has 0 bridgehead atoms. The van der Waals surface area contributed by atoms with Crippen molar-refractivity contribution < 1.29 is 27.9 Å². The third kappa shape index (κ3) is 5.66. The van der Waals surface area contributed by atoms with E-state index in [0.717, 1.165) is 17.7 Å². The van der Waals surface area contributed by atoms with E-state index in [0.29, 0.717) is 6.07 Å². The molecule has 26 heavy (non-hydrogen) atoms. The van der Waals surface area contributed by atoms with Crippen molar-refractivity contribution >= 4 is 17.9 Å². The first-order chi connectivity index (χ1) is 12.3. The molecule has 0 saturated heterocycles. The van der Waals surface area contributed by atoms with Gasteiger partial charge >= 0.3 is 12.0 Å². The predicted molar refractivity (Wildman–Crippen MR) is 88.1 cm³/mol. The van der Waals surface area contributed by atoms with Crippen LogP contribution in [-0.2, 0) is 16.1 Å². The fraction of sp³-hybridized carbons (Fsp3) is 0.167. The molecule has 3 amide bonds. The third-order valence-corrected chi connectivity index (χ3v) is 3.28. The van der Waals surface area contributed by atoms with E-state index in [9.17, 15) is 23.2 Å². The van der Waals surface area contributed by atoms with Gasteiger partial charge in [0.1, 0.15) is 11.6 Å². The fourth-order valence-corrected chi connectivity index (χ4v) is 1.99. The molecule has 0 aromatic heterocycles. The highest BCUT2D eigenvalue weighted by molar-refractivity contribution is 5.98. The number of benzene rings is 2. The van der Waals surface area contributed by atoms with Gasteiger partial charge in [-0.2, -0.15) is 0 Å². The van der Waals surface area contributed by atoms with Crippen LogP contribution >= 0.6 is 0 Å². The van der Waals surface area contributed by atoms with E-state index in [1.54, 1.807) is 24.3 Å². The Hall–Kier alpha value is -3.29. The molecule has 2 N–H and O–H groups in total. The Morgan fingerprint density at radius 1 is 1.04 bits per heavy atom. The highest BCUT2D eigenvalue weighted by Gasteiger charge is 2.21. The molecule has 0 heterocycles. The Balaban J connectivity index is 1.84. The number of ether oxygens (including phenoxy) is 1. The number of halogens is 2. The van der Waals surface area contributed by atoms with Crippen LogP contribution in [0.15, 0.2) is 48.5 Å². The maximum absolute atomic E-state index is 13.1. The lowest BCUT2D eigenvalue weighted by Crippen LogP contribution is -2.44. The average Bonchev–Trinajstić information content (AvgIpc) is 2.60. The topological polar surface area (TPSA) is 84.5 Å². The average molecular weight is 362 g/mol. The first-order valence-corrected chi connectivity index (χ1v) is 7.65. The molecular weight excluding hydrogens is 346 g/mol. The molecule has 8 heteroatoms. The molecule has 0 saturated carbocycles. The fourth-order valence-electron chi connectivity index (χ4n) is 1.99. The first kappa shape index (κ1) is 19.0. The Kier molecular flexibility index (Phi) is 6.37. The van der Waals surface area contributed by atoms with Gasteiger partial charge in [0.05, 0.1) is 5.56 Å². The number of carbonyl (C=O) groups excluding carboxylic acids is 3. The second kappa shape index (κ2) is 8.70. The Bertz CT molecular complexity index is 792. The number of nitrogens with one attached hydrogen (secondary N) is 2. The van der Waals surface area contributed by atoms with Crippen LogP contribution in [0.1, 0.15) is 22.8 Å².